The van der Waals surface area contributed by atoms with Crippen molar-refractivity contribution < 1.29 is 9.26 Å². The average molecular weight is 346 g/mol. The Kier molecular flexibility index (Phi) is 3.69. The molecule has 2 aliphatic rings. The van der Waals surface area contributed by atoms with E-state index in [4.69, 9.17) is 9.26 Å². The zero-order valence-electron chi connectivity index (χ0n) is 15.1. The molecule has 3 aromatic rings. The van der Waals surface area contributed by atoms with Gasteiger partial charge in [0.15, 0.2) is 0 Å². The summed E-state index contributed by atoms with van der Waals surface area (Å²) < 4.78 is 11.5. The number of aryl methyl sites for hydroxylation is 2. The first-order chi connectivity index (χ1) is 12.7. The first kappa shape index (κ1) is 15.8. The summed E-state index contributed by atoms with van der Waals surface area (Å²) in [5.74, 6) is 0.866. The Bertz CT molecular complexity index is 929. The smallest absolute Gasteiger partial charge is 0.141 e. The van der Waals surface area contributed by atoms with E-state index in [9.17, 15) is 0 Å². The van der Waals surface area contributed by atoms with Crippen LogP contribution in [0.15, 0.2) is 53.1 Å². The van der Waals surface area contributed by atoms with E-state index in [0.29, 0.717) is 0 Å². The van der Waals surface area contributed by atoms with E-state index in [1.165, 1.54) is 22.3 Å². The molecule has 0 N–H and O–H groups in total. The molecule has 5 rings (SSSR count). The number of benzene rings is 2. The normalized spacial score (nSPS) is 22.2. The SMILES string of the molecule is Cc1noc(C)c1-c1ccc2c(c1)C(c1ccccc1)N1CCCOC21. The number of aromatic nitrogens is 1. The summed E-state index contributed by atoms with van der Waals surface area (Å²) in [5.41, 5.74) is 7.14. The fourth-order valence-electron chi connectivity index (χ4n) is 4.46. The third kappa shape index (κ3) is 2.33. The summed E-state index contributed by atoms with van der Waals surface area (Å²) >= 11 is 0. The largest absolute Gasteiger partial charge is 0.361 e. The van der Waals surface area contributed by atoms with E-state index < -0.39 is 0 Å². The van der Waals surface area contributed by atoms with Crippen molar-refractivity contribution in [3.05, 3.63) is 76.7 Å². The number of hydrogen-bond acceptors (Lipinski definition) is 4. The van der Waals surface area contributed by atoms with Crippen LogP contribution in [0.1, 0.15) is 46.8 Å². The highest BCUT2D eigenvalue weighted by Gasteiger charge is 2.41. The number of ether oxygens (including phenoxy) is 1. The van der Waals surface area contributed by atoms with Crippen molar-refractivity contribution in [1.29, 1.82) is 0 Å². The van der Waals surface area contributed by atoms with Gasteiger partial charge in [-0.3, -0.25) is 4.90 Å². The van der Waals surface area contributed by atoms with Gasteiger partial charge in [-0.05, 0) is 43.0 Å². The van der Waals surface area contributed by atoms with Gasteiger partial charge in [-0.15, -0.1) is 0 Å². The van der Waals surface area contributed by atoms with Crippen LogP contribution in [0.25, 0.3) is 11.1 Å². The molecule has 0 bridgehead atoms. The van der Waals surface area contributed by atoms with Gasteiger partial charge < -0.3 is 9.26 Å². The van der Waals surface area contributed by atoms with Crippen LogP contribution in [0.4, 0.5) is 0 Å². The number of fused-ring (bicyclic) bond motifs is 3. The fraction of sp³-hybridized carbons (Fsp3) is 0.318. The molecule has 1 aromatic heterocycles. The lowest BCUT2D eigenvalue weighted by molar-refractivity contribution is -0.0978. The monoisotopic (exact) mass is 346 g/mol. The molecule has 2 aliphatic heterocycles. The standard InChI is InChI=1S/C22H22N2O2/c1-14-20(15(2)26-23-14)17-9-10-18-19(13-17)21(16-7-4-3-5-8-16)24-11-6-12-25-22(18)24/h3-5,7-10,13,21-22H,6,11-12H2,1-2H3. The molecule has 0 saturated carbocycles. The summed E-state index contributed by atoms with van der Waals surface area (Å²) in [6.45, 7) is 5.86. The minimum Gasteiger partial charge on any atom is -0.361 e. The van der Waals surface area contributed by atoms with E-state index in [1.807, 2.05) is 13.8 Å². The van der Waals surface area contributed by atoms with Crippen LogP contribution in [-0.4, -0.2) is 23.2 Å². The van der Waals surface area contributed by atoms with Crippen molar-refractivity contribution in [2.45, 2.75) is 32.5 Å². The van der Waals surface area contributed by atoms with E-state index in [0.717, 1.165) is 36.6 Å². The van der Waals surface area contributed by atoms with Crippen LogP contribution >= 0.6 is 0 Å². The van der Waals surface area contributed by atoms with Crippen molar-refractivity contribution in [3.63, 3.8) is 0 Å². The maximum Gasteiger partial charge on any atom is 0.141 e. The van der Waals surface area contributed by atoms with Crippen molar-refractivity contribution in [1.82, 2.24) is 10.1 Å². The molecule has 2 aromatic carbocycles. The number of hydrogen-bond donors (Lipinski definition) is 0. The Morgan fingerprint density at radius 1 is 1.04 bits per heavy atom. The van der Waals surface area contributed by atoms with E-state index in [-0.39, 0.29) is 12.3 Å². The molecule has 0 spiro atoms. The molecule has 0 aliphatic carbocycles. The van der Waals surface area contributed by atoms with Gasteiger partial charge >= 0.3 is 0 Å². The van der Waals surface area contributed by atoms with Crippen molar-refractivity contribution in [2.24, 2.45) is 0 Å². The second kappa shape index (κ2) is 6.08. The number of rotatable bonds is 2. The first-order valence-electron chi connectivity index (χ1n) is 9.23. The quantitative estimate of drug-likeness (QED) is 0.669. The lowest BCUT2D eigenvalue weighted by Crippen LogP contribution is -2.34. The van der Waals surface area contributed by atoms with Gasteiger partial charge in [-0.2, -0.15) is 0 Å². The Morgan fingerprint density at radius 3 is 2.65 bits per heavy atom. The predicted octanol–water partition coefficient (Wildman–Crippen LogP) is 4.78. The second-order valence-corrected chi connectivity index (χ2v) is 7.17. The van der Waals surface area contributed by atoms with Crippen LogP contribution in [-0.2, 0) is 4.74 Å². The van der Waals surface area contributed by atoms with Crippen LogP contribution in [0.3, 0.4) is 0 Å². The molecular formula is C22H22N2O2. The van der Waals surface area contributed by atoms with Crippen LogP contribution < -0.4 is 0 Å². The highest BCUT2D eigenvalue weighted by atomic mass is 16.5. The lowest BCUT2D eigenvalue weighted by Gasteiger charge is -2.34. The summed E-state index contributed by atoms with van der Waals surface area (Å²) in [5, 5.41) is 4.13. The van der Waals surface area contributed by atoms with E-state index in [2.05, 4.69) is 58.6 Å². The molecule has 4 nitrogen and oxygen atoms in total. The minimum absolute atomic E-state index is 0.0580. The van der Waals surface area contributed by atoms with Gasteiger partial charge in [-0.25, -0.2) is 0 Å². The molecule has 3 heterocycles. The lowest BCUT2D eigenvalue weighted by atomic mass is 9.93. The predicted molar refractivity (Wildman–Crippen MR) is 99.7 cm³/mol. The molecule has 132 valence electrons. The van der Waals surface area contributed by atoms with Gasteiger partial charge in [0.05, 0.1) is 18.3 Å². The Morgan fingerprint density at radius 2 is 1.88 bits per heavy atom. The Hall–Kier alpha value is -2.43. The Balaban J connectivity index is 1.68. The summed E-state index contributed by atoms with van der Waals surface area (Å²) in [4.78, 5) is 2.49. The molecule has 0 radical (unpaired) electrons. The highest BCUT2D eigenvalue weighted by molar-refractivity contribution is 5.69. The first-order valence-corrected chi connectivity index (χ1v) is 9.23. The van der Waals surface area contributed by atoms with Crippen LogP contribution in [0.5, 0.6) is 0 Å². The maximum atomic E-state index is 6.15. The van der Waals surface area contributed by atoms with Crippen molar-refractivity contribution in [3.8, 4) is 11.1 Å². The molecule has 1 saturated heterocycles. The Labute approximate surface area is 153 Å². The van der Waals surface area contributed by atoms with Gasteiger partial charge in [-0.1, -0.05) is 47.6 Å². The maximum absolute atomic E-state index is 6.15. The molecule has 0 amide bonds. The summed E-state index contributed by atoms with van der Waals surface area (Å²) in [7, 11) is 0. The summed E-state index contributed by atoms with van der Waals surface area (Å²) in [6, 6.07) is 17.7. The van der Waals surface area contributed by atoms with Gasteiger partial charge in [0.1, 0.15) is 12.0 Å². The molecule has 26 heavy (non-hydrogen) atoms. The fourth-order valence-corrected chi connectivity index (χ4v) is 4.46. The zero-order valence-corrected chi connectivity index (χ0v) is 15.1. The average Bonchev–Trinajstić information content (AvgIpc) is 3.18. The molecular weight excluding hydrogens is 324 g/mol. The molecule has 2 unspecified atom stereocenters. The molecule has 2 atom stereocenters. The van der Waals surface area contributed by atoms with Crippen LogP contribution in [0, 0.1) is 13.8 Å². The summed E-state index contributed by atoms with van der Waals surface area (Å²) in [6.07, 6.45) is 1.13. The van der Waals surface area contributed by atoms with Gasteiger partial charge in [0.2, 0.25) is 0 Å². The topological polar surface area (TPSA) is 38.5 Å². The number of nitrogens with zero attached hydrogens (tertiary/aromatic N) is 2. The van der Waals surface area contributed by atoms with Gasteiger partial charge in [0.25, 0.3) is 0 Å². The minimum atomic E-state index is 0.0580. The van der Waals surface area contributed by atoms with Crippen molar-refractivity contribution in [2.75, 3.05) is 13.2 Å². The van der Waals surface area contributed by atoms with E-state index >= 15 is 0 Å². The highest BCUT2D eigenvalue weighted by Crippen LogP contribution is 2.48. The zero-order chi connectivity index (χ0) is 17.7. The van der Waals surface area contributed by atoms with E-state index in [1.54, 1.807) is 0 Å². The van der Waals surface area contributed by atoms with Gasteiger partial charge in [0, 0.05) is 17.7 Å². The van der Waals surface area contributed by atoms with Crippen LogP contribution in [0.2, 0.25) is 0 Å². The third-order valence-electron chi connectivity index (χ3n) is 5.55. The third-order valence-corrected chi connectivity index (χ3v) is 5.55. The molecule has 1 fully saturated rings. The molecule has 4 heteroatoms. The van der Waals surface area contributed by atoms with Crippen molar-refractivity contribution >= 4 is 0 Å². The second-order valence-electron chi connectivity index (χ2n) is 7.17.